The summed E-state index contributed by atoms with van der Waals surface area (Å²) < 4.78 is 1.91. The van der Waals surface area contributed by atoms with Gasteiger partial charge in [0, 0.05) is 30.6 Å². The zero-order valence-corrected chi connectivity index (χ0v) is 13.2. The van der Waals surface area contributed by atoms with Crippen LogP contribution < -0.4 is 5.56 Å². The van der Waals surface area contributed by atoms with E-state index < -0.39 is 0 Å². The summed E-state index contributed by atoms with van der Waals surface area (Å²) in [4.78, 5) is 23.9. The minimum Gasteiger partial charge on any atom is -0.310 e. The number of aryl methyl sites for hydroxylation is 4. The summed E-state index contributed by atoms with van der Waals surface area (Å²) in [5.41, 5.74) is 1.39. The summed E-state index contributed by atoms with van der Waals surface area (Å²) in [6, 6.07) is 0. The Balaban J connectivity index is 2.32. The largest absolute Gasteiger partial charge is 0.310 e. The average molecular weight is 289 g/mol. The Kier molecular flexibility index (Phi) is 4.88. The van der Waals surface area contributed by atoms with Gasteiger partial charge in [-0.15, -0.1) is 0 Å². The third-order valence-electron chi connectivity index (χ3n) is 3.52. The first-order valence-electron chi connectivity index (χ1n) is 7.54. The minimum absolute atomic E-state index is 0.0676. The summed E-state index contributed by atoms with van der Waals surface area (Å²) in [5, 5.41) is 4.41. The van der Waals surface area contributed by atoms with Crippen LogP contribution in [0.4, 0.5) is 0 Å². The molecule has 0 spiro atoms. The van der Waals surface area contributed by atoms with Gasteiger partial charge in [0.2, 0.25) is 0 Å². The normalized spacial score (nSPS) is 11.0. The monoisotopic (exact) mass is 289 g/mol. The van der Waals surface area contributed by atoms with E-state index in [1.54, 1.807) is 0 Å². The van der Waals surface area contributed by atoms with Crippen LogP contribution in [0.5, 0.6) is 0 Å². The highest BCUT2D eigenvalue weighted by atomic mass is 16.1. The molecular formula is C15H23N5O. The second-order valence-corrected chi connectivity index (χ2v) is 5.26. The van der Waals surface area contributed by atoms with Gasteiger partial charge in [0.15, 0.2) is 0 Å². The molecule has 21 heavy (non-hydrogen) atoms. The molecule has 1 N–H and O–H groups in total. The average Bonchev–Trinajstić information content (AvgIpc) is 2.80. The second kappa shape index (κ2) is 6.65. The molecule has 2 rings (SSSR count). The van der Waals surface area contributed by atoms with Gasteiger partial charge < -0.3 is 4.98 Å². The van der Waals surface area contributed by atoms with E-state index in [9.17, 15) is 4.79 Å². The predicted molar refractivity (Wildman–Crippen MR) is 81.4 cm³/mol. The highest BCUT2D eigenvalue weighted by Gasteiger charge is 2.13. The molecule has 6 nitrogen and oxygen atoms in total. The van der Waals surface area contributed by atoms with Crippen LogP contribution >= 0.6 is 0 Å². The van der Waals surface area contributed by atoms with Crippen molar-refractivity contribution in [2.75, 3.05) is 0 Å². The van der Waals surface area contributed by atoms with E-state index in [4.69, 9.17) is 0 Å². The number of aromatic nitrogens is 5. The van der Waals surface area contributed by atoms with Crippen LogP contribution in [-0.2, 0) is 19.4 Å². The molecule has 114 valence electrons. The number of rotatable bonds is 6. The number of H-pyrrole nitrogens is 1. The third kappa shape index (κ3) is 3.56. The van der Waals surface area contributed by atoms with Crippen molar-refractivity contribution in [1.82, 2.24) is 24.7 Å². The van der Waals surface area contributed by atoms with E-state index in [0.29, 0.717) is 12.0 Å². The molecule has 0 unspecified atom stereocenters. The predicted octanol–water partition coefficient (Wildman–Crippen LogP) is 1.93. The quantitative estimate of drug-likeness (QED) is 0.881. The first-order valence-corrected chi connectivity index (χ1v) is 7.54. The SMILES string of the molecule is CCCCn1nc(C)nc1Cc1c(C)nc(CC)[nH]c1=O. The fourth-order valence-corrected chi connectivity index (χ4v) is 2.32. The first kappa shape index (κ1) is 15.4. The summed E-state index contributed by atoms with van der Waals surface area (Å²) in [6.07, 6.45) is 3.35. The van der Waals surface area contributed by atoms with E-state index in [1.165, 1.54) is 0 Å². The Hall–Kier alpha value is -1.98. The number of nitrogens with one attached hydrogen (secondary N) is 1. The van der Waals surface area contributed by atoms with Crippen LogP contribution in [0.3, 0.4) is 0 Å². The van der Waals surface area contributed by atoms with E-state index in [2.05, 4.69) is 27.0 Å². The molecule has 0 bridgehead atoms. The Morgan fingerprint density at radius 2 is 1.95 bits per heavy atom. The molecule has 0 saturated carbocycles. The van der Waals surface area contributed by atoms with Crippen molar-refractivity contribution >= 4 is 0 Å². The van der Waals surface area contributed by atoms with E-state index in [-0.39, 0.29) is 5.56 Å². The van der Waals surface area contributed by atoms with Gasteiger partial charge in [-0.3, -0.25) is 4.79 Å². The molecule has 0 fully saturated rings. The maximum atomic E-state index is 12.2. The van der Waals surface area contributed by atoms with Crippen LogP contribution in [0.15, 0.2) is 4.79 Å². The van der Waals surface area contributed by atoms with E-state index in [1.807, 2.05) is 25.5 Å². The molecule has 2 aromatic heterocycles. The fraction of sp³-hybridized carbons (Fsp3) is 0.600. The van der Waals surface area contributed by atoms with E-state index in [0.717, 1.165) is 49.0 Å². The van der Waals surface area contributed by atoms with Crippen molar-refractivity contribution in [2.24, 2.45) is 0 Å². The molecule has 6 heteroatoms. The number of unbranched alkanes of at least 4 members (excludes halogenated alkanes) is 1. The Morgan fingerprint density at radius 3 is 2.57 bits per heavy atom. The lowest BCUT2D eigenvalue weighted by molar-refractivity contribution is 0.547. The summed E-state index contributed by atoms with van der Waals surface area (Å²) in [7, 11) is 0. The minimum atomic E-state index is -0.0676. The van der Waals surface area contributed by atoms with E-state index >= 15 is 0 Å². The Morgan fingerprint density at radius 1 is 1.19 bits per heavy atom. The van der Waals surface area contributed by atoms with Gasteiger partial charge in [0.1, 0.15) is 17.5 Å². The first-order chi connectivity index (χ1) is 10.0. The van der Waals surface area contributed by atoms with Gasteiger partial charge in [-0.1, -0.05) is 20.3 Å². The Labute approximate surface area is 124 Å². The zero-order chi connectivity index (χ0) is 15.4. The fourth-order valence-electron chi connectivity index (χ4n) is 2.32. The summed E-state index contributed by atoms with van der Waals surface area (Å²) in [5.74, 6) is 2.30. The molecule has 0 saturated heterocycles. The zero-order valence-electron chi connectivity index (χ0n) is 13.2. The molecule has 2 heterocycles. The molecule has 2 aromatic rings. The maximum Gasteiger partial charge on any atom is 0.254 e. The molecule has 0 aliphatic rings. The summed E-state index contributed by atoms with van der Waals surface area (Å²) >= 11 is 0. The molecule has 0 aromatic carbocycles. The van der Waals surface area contributed by atoms with Gasteiger partial charge >= 0.3 is 0 Å². The number of hydrogen-bond donors (Lipinski definition) is 1. The molecule has 0 amide bonds. The van der Waals surface area contributed by atoms with Gasteiger partial charge in [-0.25, -0.2) is 14.6 Å². The number of hydrogen-bond acceptors (Lipinski definition) is 4. The smallest absolute Gasteiger partial charge is 0.254 e. The molecule has 0 aliphatic heterocycles. The lowest BCUT2D eigenvalue weighted by Gasteiger charge is -2.07. The van der Waals surface area contributed by atoms with Crippen LogP contribution in [0.25, 0.3) is 0 Å². The molecule has 0 aliphatic carbocycles. The van der Waals surface area contributed by atoms with Crippen molar-refractivity contribution in [3.63, 3.8) is 0 Å². The number of aromatic amines is 1. The van der Waals surface area contributed by atoms with Crippen LogP contribution in [0.1, 0.15) is 55.4 Å². The van der Waals surface area contributed by atoms with Crippen molar-refractivity contribution in [3.8, 4) is 0 Å². The topological polar surface area (TPSA) is 76.5 Å². The lowest BCUT2D eigenvalue weighted by atomic mass is 10.1. The van der Waals surface area contributed by atoms with Crippen LogP contribution in [-0.4, -0.2) is 24.7 Å². The second-order valence-electron chi connectivity index (χ2n) is 5.26. The van der Waals surface area contributed by atoms with Gasteiger partial charge in [0.25, 0.3) is 5.56 Å². The van der Waals surface area contributed by atoms with Crippen molar-refractivity contribution < 1.29 is 0 Å². The third-order valence-corrected chi connectivity index (χ3v) is 3.52. The van der Waals surface area contributed by atoms with Crippen LogP contribution in [0, 0.1) is 13.8 Å². The van der Waals surface area contributed by atoms with Gasteiger partial charge in [0.05, 0.1) is 0 Å². The molecule has 0 atom stereocenters. The Bertz CT molecular complexity index is 671. The standard InChI is InChI=1S/C15H23N5O/c1-5-7-8-20-14(17-11(4)19-20)9-12-10(3)16-13(6-2)18-15(12)21/h5-9H2,1-4H3,(H,16,18,21). The van der Waals surface area contributed by atoms with Gasteiger partial charge in [-0.2, -0.15) is 5.10 Å². The molecular weight excluding hydrogens is 266 g/mol. The maximum absolute atomic E-state index is 12.2. The lowest BCUT2D eigenvalue weighted by Crippen LogP contribution is -2.20. The highest BCUT2D eigenvalue weighted by molar-refractivity contribution is 5.21. The highest BCUT2D eigenvalue weighted by Crippen LogP contribution is 2.09. The molecule has 0 radical (unpaired) electrons. The van der Waals surface area contributed by atoms with Gasteiger partial charge in [-0.05, 0) is 20.3 Å². The van der Waals surface area contributed by atoms with Crippen molar-refractivity contribution in [1.29, 1.82) is 0 Å². The number of nitrogens with zero attached hydrogens (tertiary/aromatic N) is 4. The summed E-state index contributed by atoms with van der Waals surface area (Å²) in [6.45, 7) is 8.71. The van der Waals surface area contributed by atoms with Crippen molar-refractivity contribution in [3.05, 3.63) is 39.1 Å². The van der Waals surface area contributed by atoms with Crippen LogP contribution in [0.2, 0.25) is 0 Å². The van der Waals surface area contributed by atoms with Crippen molar-refractivity contribution in [2.45, 2.75) is 59.9 Å².